The van der Waals surface area contributed by atoms with Crippen molar-refractivity contribution in [2.75, 3.05) is 0 Å². The summed E-state index contributed by atoms with van der Waals surface area (Å²) in [5.74, 6) is 0. The zero-order valence-corrected chi connectivity index (χ0v) is 15.1. The van der Waals surface area contributed by atoms with Gasteiger partial charge in [0.15, 0.2) is 0 Å². The maximum atomic E-state index is 5.59. The highest BCUT2D eigenvalue weighted by atomic mass is 14.4. The van der Waals surface area contributed by atoms with Crippen LogP contribution >= 0.6 is 0 Å². The van der Waals surface area contributed by atoms with Crippen molar-refractivity contribution in [2.24, 2.45) is 0 Å². The van der Waals surface area contributed by atoms with Crippen LogP contribution in [0.1, 0.15) is 25.0 Å². The van der Waals surface area contributed by atoms with Gasteiger partial charge in [-0.1, -0.05) is 73.9 Å². The molecular formula is C23H17B3. The Balaban J connectivity index is 1.85. The molecule has 1 aliphatic carbocycles. The monoisotopic (exact) mass is 326 g/mol. The van der Waals surface area contributed by atoms with E-state index in [1.54, 1.807) is 7.06 Å². The fraction of sp³-hybridized carbons (Fsp3) is 0.130. The molecule has 0 heterocycles. The van der Waals surface area contributed by atoms with Gasteiger partial charge in [-0.3, -0.25) is 0 Å². The van der Waals surface area contributed by atoms with Crippen LogP contribution in [-0.4, -0.2) is 22.0 Å². The number of benzene rings is 4. The molecule has 0 atom stereocenters. The summed E-state index contributed by atoms with van der Waals surface area (Å²) in [6.45, 7) is 4.66. The molecule has 0 N–H and O–H groups in total. The van der Waals surface area contributed by atoms with E-state index in [9.17, 15) is 0 Å². The molecule has 118 valence electrons. The van der Waals surface area contributed by atoms with E-state index in [4.69, 9.17) is 7.74 Å². The van der Waals surface area contributed by atoms with Crippen LogP contribution in [0.3, 0.4) is 0 Å². The maximum Gasteiger partial charge on any atom is 0.0956 e. The van der Waals surface area contributed by atoms with Crippen LogP contribution in [0.15, 0.2) is 66.7 Å². The molecule has 0 unspecified atom stereocenters. The first-order valence-electron chi connectivity index (χ1n) is 9.09. The average Bonchev–Trinajstić information content (AvgIpc) is 2.88. The van der Waals surface area contributed by atoms with Gasteiger partial charge >= 0.3 is 0 Å². The molecule has 5 rings (SSSR count). The first-order valence-corrected chi connectivity index (χ1v) is 9.09. The van der Waals surface area contributed by atoms with Gasteiger partial charge in [0, 0.05) is 20.2 Å². The molecule has 0 saturated heterocycles. The Morgan fingerprint density at radius 3 is 2.31 bits per heavy atom. The summed E-state index contributed by atoms with van der Waals surface area (Å²) in [5, 5.41) is 5.15. The van der Waals surface area contributed by atoms with E-state index < -0.39 is 0 Å². The Hall–Kier alpha value is -2.41. The van der Waals surface area contributed by atoms with Crippen molar-refractivity contribution < 1.29 is 0 Å². The Morgan fingerprint density at radius 2 is 1.46 bits per heavy atom. The lowest BCUT2D eigenvalue weighted by atomic mass is 9.26. The molecule has 0 aliphatic heterocycles. The van der Waals surface area contributed by atoms with Gasteiger partial charge in [0.2, 0.25) is 0 Å². The van der Waals surface area contributed by atoms with Crippen molar-refractivity contribution in [3.63, 3.8) is 0 Å². The van der Waals surface area contributed by atoms with Gasteiger partial charge in [0.1, 0.15) is 0 Å². The summed E-state index contributed by atoms with van der Waals surface area (Å²) >= 11 is 0. The summed E-state index contributed by atoms with van der Waals surface area (Å²) in [6, 6.07) is 24.6. The SMILES string of the molecule is [B][B][B]c1ccc2ccc3cc4c(cc3c2c1)C(C)(C)c1ccccc1-4. The Labute approximate surface area is 157 Å². The minimum atomic E-state index is 0.0249. The van der Waals surface area contributed by atoms with Crippen LogP contribution in [0.25, 0.3) is 32.7 Å². The predicted octanol–water partition coefficient (Wildman–Crippen LogP) is 4.33. The molecule has 4 aromatic rings. The largest absolute Gasteiger partial charge is 0.0974 e. The molecule has 0 fully saturated rings. The second-order valence-electron chi connectivity index (χ2n) is 7.69. The molecule has 0 bridgehead atoms. The van der Waals surface area contributed by atoms with Crippen LogP contribution < -0.4 is 5.46 Å². The number of hydrogen-bond donors (Lipinski definition) is 0. The van der Waals surface area contributed by atoms with Crippen molar-refractivity contribution in [1.82, 2.24) is 0 Å². The van der Waals surface area contributed by atoms with Crippen LogP contribution in [0, 0.1) is 0 Å². The van der Waals surface area contributed by atoms with E-state index in [2.05, 4.69) is 80.6 Å². The van der Waals surface area contributed by atoms with Crippen molar-refractivity contribution in [3.05, 3.63) is 77.9 Å². The fourth-order valence-corrected chi connectivity index (χ4v) is 4.48. The number of fused-ring (bicyclic) bond motifs is 6. The van der Waals surface area contributed by atoms with E-state index in [0.717, 1.165) is 5.46 Å². The van der Waals surface area contributed by atoms with Crippen molar-refractivity contribution in [1.29, 1.82) is 0 Å². The molecule has 0 spiro atoms. The topological polar surface area (TPSA) is 0 Å². The molecule has 0 aromatic heterocycles. The van der Waals surface area contributed by atoms with E-state index >= 15 is 0 Å². The molecular weight excluding hydrogens is 309 g/mol. The smallest absolute Gasteiger partial charge is 0.0956 e. The summed E-state index contributed by atoms with van der Waals surface area (Å²) in [6.07, 6.45) is 0. The maximum absolute atomic E-state index is 5.59. The minimum absolute atomic E-state index is 0.0249. The lowest BCUT2D eigenvalue weighted by Crippen LogP contribution is -2.20. The molecule has 3 heteroatoms. The van der Waals surface area contributed by atoms with Gasteiger partial charge < -0.3 is 0 Å². The normalized spacial score (nSPS) is 14.2. The van der Waals surface area contributed by atoms with Gasteiger partial charge in [-0.2, -0.15) is 0 Å². The third kappa shape index (κ3) is 2.13. The van der Waals surface area contributed by atoms with Gasteiger partial charge in [0.05, 0.1) is 7.17 Å². The van der Waals surface area contributed by atoms with Crippen LogP contribution in [0.5, 0.6) is 0 Å². The molecule has 0 saturated carbocycles. The lowest BCUT2D eigenvalue weighted by molar-refractivity contribution is 0.661. The van der Waals surface area contributed by atoms with Crippen molar-refractivity contribution in [3.8, 4) is 11.1 Å². The minimum Gasteiger partial charge on any atom is -0.0974 e. The third-order valence-electron chi connectivity index (χ3n) is 5.85. The van der Waals surface area contributed by atoms with E-state index in [1.165, 1.54) is 43.8 Å². The number of hydrogen-bond acceptors (Lipinski definition) is 0. The average molecular weight is 326 g/mol. The first-order chi connectivity index (χ1) is 12.6. The quantitative estimate of drug-likeness (QED) is 0.380. The molecule has 1 aliphatic rings. The second-order valence-corrected chi connectivity index (χ2v) is 7.69. The number of rotatable bonds is 2. The highest BCUT2D eigenvalue weighted by Gasteiger charge is 2.35. The van der Waals surface area contributed by atoms with Gasteiger partial charge in [0.25, 0.3) is 0 Å². The van der Waals surface area contributed by atoms with Crippen LogP contribution in [-0.2, 0) is 5.41 Å². The van der Waals surface area contributed by atoms with E-state index in [-0.39, 0.29) is 5.41 Å². The Kier molecular flexibility index (Phi) is 3.37. The summed E-state index contributed by atoms with van der Waals surface area (Å²) in [5.41, 5.74) is 6.73. The molecule has 0 amide bonds. The van der Waals surface area contributed by atoms with E-state index in [0.29, 0.717) is 0 Å². The standard InChI is InChI=1S/C23H17B3/c1-23(2)21-6-4-3-5-17(21)20-11-15-8-7-14-9-10-16(25-26-24)12-18(14)19(15)13-22(20)23/h3-13H,1-2H3. The summed E-state index contributed by atoms with van der Waals surface area (Å²) in [7, 11) is 9.15. The zero-order chi connectivity index (χ0) is 17.9. The van der Waals surface area contributed by atoms with Crippen LogP contribution in [0.2, 0.25) is 0 Å². The predicted molar refractivity (Wildman–Crippen MR) is 116 cm³/mol. The van der Waals surface area contributed by atoms with Gasteiger partial charge in [-0.05, 0) is 55.9 Å². The van der Waals surface area contributed by atoms with Crippen LogP contribution in [0.4, 0.5) is 0 Å². The lowest BCUT2D eigenvalue weighted by Gasteiger charge is -2.22. The summed E-state index contributed by atoms with van der Waals surface area (Å²) in [4.78, 5) is 0. The van der Waals surface area contributed by atoms with Crippen molar-refractivity contribution >= 4 is 49.0 Å². The van der Waals surface area contributed by atoms with Gasteiger partial charge in [-0.25, -0.2) is 0 Å². The van der Waals surface area contributed by atoms with Crippen molar-refractivity contribution in [2.45, 2.75) is 19.3 Å². The van der Waals surface area contributed by atoms with E-state index in [1.807, 2.05) is 7.17 Å². The second kappa shape index (κ2) is 5.54. The molecule has 26 heavy (non-hydrogen) atoms. The third-order valence-corrected chi connectivity index (χ3v) is 5.85. The van der Waals surface area contributed by atoms with Gasteiger partial charge in [-0.15, -0.1) is 0 Å². The highest BCUT2D eigenvalue weighted by Crippen LogP contribution is 2.50. The Bertz CT molecular complexity index is 1170. The fourth-order valence-electron chi connectivity index (χ4n) is 4.48. The molecule has 0 nitrogen and oxygen atoms in total. The zero-order valence-electron chi connectivity index (χ0n) is 15.1. The molecule has 4 aromatic carbocycles. The highest BCUT2D eigenvalue weighted by molar-refractivity contribution is 7.27. The Morgan fingerprint density at radius 1 is 0.731 bits per heavy atom. The summed E-state index contributed by atoms with van der Waals surface area (Å²) < 4.78 is 0. The molecule has 4 radical (unpaired) electrons. The first kappa shape index (κ1) is 15.8.